The first kappa shape index (κ1) is 12.9. The van der Waals surface area contributed by atoms with Crippen LogP contribution in [0, 0.1) is 0 Å². The molecule has 1 aliphatic carbocycles. The number of hydrogen-bond acceptors (Lipinski definition) is 2. The van der Waals surface area contributed by atoms with E-state index in [1.807, 2.05) is 48.5 Å². The molecule has 0 spiro atoms. The molecule has 1 fully saturated rings. The number of methoxy groups -OCH3 is 1. The summed E-state index contributed by atoms with van der Waals surface area (Å²) in [5.41, 5.74) is 1.49. The van der Waals surface area contributed by atoms with E-state index < -0.39 is 5.41 Å². The topological polar surface area (TPSA) is 26.3 Å². The zero-order valence-electron chi connectivity index (χ0n) is 11.8. The normalized spacial score (nSPS) is 27.9. The third kappa shape index (κ3) is 1.61. The molecule has 20 heavy (non-hydrogen) atoms. The summed E-state index contributed by atoms with van der Waals surface area (Å²) >= 11 is 0. The SMILES string of the molecule is COC(=O)[C@]1(c2ccccc2)C[C@@]1(C)c1ccccc1. The van der Waals surface area contributed by atoms with Gasteiger partial charge in [-0.25, -0.2) is 0 Å². The molecule has 1 aliphatic rings. The highest BCUT2D eigenvalue weighted by atomic mass is 16.5. The predicted molar refractivity (Wildman–Crippen MR) is 78.5 cm³/mol. The molecule has 3 rings (SSSR count). The molecule has 0 bridgehead atoms. The number of esters is 1. The second kappa shape index (κ2) is 4.48. The van der Waals surface area contributed by atoms with Gasteiger partial charge in [-0.05, 0) is 17.5 Å². The van der Waals surface area contributed by atoms with Gasteiger partial charge in [-0.2, -0.15) is 0 Å². The van der Waals surface area contributed by atoms with Crippen molar-refractivity contribution in [3.8, 4) is 0 Å². The lowest BCUT2D eigenvalue weighted by atomic mass is 9.83. The average molecular weight is 266 g/mol. The van der Waals surface area contributed by atoms with Crippen LogP contribution in [0.1, 0.15) is 24.5 Å². The lowest BCUT2D eigenvalue weighted by molar-refractivity contribution is -0.144. The Morgan fingerprint density at radius 1 is 0.950 bits per heavy atom. The molecule has 0 unspecified atom stereocenters. The van der Waals surface area contributed by atoms with Crippen LogP contribution >= 0.6 is 0 Å². The molecule has 2 atom stereocenters. The van der Waals surface area contributed by atoms with Crippen molar-refractivity contribution in [1.29, 1.82) is 0 Å². The van der Waals surface area contributed by atoms with E-state index >= 15 is 0 Å². The zero-order chi connectivity index (χ0) is 14.2. The molecule has 0 aliphatic heterocycles. The van der Waals surface area contributed by atoms with Crippen LogP contribution in [0.25, 0.3) is 0 Å². The summed E-state index contributed by atoms with van der Waals surface area (Å²) < 4.78 is 5.11. The van der Waals surface area contributed by atoms with Crippen LogP contribution in [0.15, 0.2) is 60.7 Å². The van der Waals surface area contributed by atoms with Gasteiger partial charge in [0.05, 0.1) is 7.11 Å². The van der Waals surface area contributed by atoms with Gasteiger partial charge in [0.25, 0.3) is 0 Å². The number of hydrogen-bond donors (Lipinski definition) is 0. The summed E-state index contributed by atoms with van der Waals surface area (Å²) in [5, 5.41) is 0. The highest BCUT2D eigenvalue weighted by molar-refractivity contribution is 5.91. The summed E-state index contributed by atoms with van der Waals surface area (Å²) in [6, 6.07) is 20.2. The van der Waals surface area contributed by atoms with Crippen molar-refractivity contribution in [2.45, 2.75) is 24.2 Å². The molecular weight excluding hydrogens is 248 g/mol. The van der Waals surface area contributed by atoms with Gasteiger partial charge in [0, 0.05) is 5.41 Å². The smallest absolute Gasteiger partial charge is 0.317 e. The summed E-state index contributed by atoms with van der Waals surface area (Å²) in [4.78, 5) is 12.5. The Kier molecular flexibility index (Phi) is 2.89. The quantitative estimate of drug-likeness (QED) is 0.795. The maximum Gasteiger partial charge on any atom is 0.317 e. The van der Waals surface area contributed by atoms with E-state index in [0.29, 0.717) is 0 Å². The monoisotopic (exact) mass is 266 g/mol. The maximum atomic E-state index is 12.5. The summed E-state index contributed by atoms with van der Waals surface area (Å²) in [6.45, 7) is 2.15. The number of carbonyl (C=O) groups is 1. The molecule has 2 nitrogen and oxygen atoms in total. The van der Waals surface area contributed by atoms with E-state index in [1.54, 1.807) is 0 Å². The first-order valence-corrected chi connectivity index (χ1v) is 6.84. The van der Waals surface area contributed by atoms with Crippen LogP contribution < -0.4 is 0 Å². The first-order valence-electron chi connectivity index (χ1n) is 6.84. The van der Waals surface area contributed by atoms with Gasteiger partial charge in [-0.15, -0.1) is 0 Å². The highest BCUT2D eigenvalue weighted by Crippen LogP contribution is 2.65. The number of benzene rings is 2. The molecule has 2 heteroatoms. The van der Waals surface area contributed by atoms with E-state index in [2.05, 4.69) is 19.1 Å². The maximum absolute atomic E-state index is 12.5. The van der Waals surface area contributed by atoms with E-state index in [1.165, 1.54) is 12.7 Å². The number of carbonyl (C=O) groups excluding carboxylic acids is 1. The summed E-state index contributed by atoms with van der Waals surface area (Å²) in [5.74, 6) is -0.143. The minimum absolute atomic E-state index is 0.143. The van der Waals surface area contributed by atoms with Gasteiger partial charge in [0.2, 0.25) is 0 Å². The summed E-state index contributed by atoms with van der Waals surface area (Å²) in [7, 11) is 1.47. The van der Waals surface area contributed by atoms with Crippen molar-refractivity contribution in [1.82, 2.24) is 0 Å². The third-order valence-corrected chi connectivity index (χ3v) is 4.65. The molecule has 1 saturated carbocycles. The Bertz CT molecular complexity index is 620. The number of ether oxygens (including phenoxy) is 1. The minimum atomic E-state index is -0.551. The Hall–Kier alpha value is -2.09. The van der Waals surface area contributed by atoms with Crippen LogP contribution in [0.5, 0.6) is 0 Å². The van der Waals surface area contributed by atoms with Crippen LogP contribution in [-0.4, -0.2) is 13.1 Å². The van der Waals surface area contributed by atoms with Gasteiger partial charge in [0.1, 0.15) is 5.41 Å². The largest absolute Gasteiger partial charge is 0.468 e. The standard InChI is InChI=1S/C18H18O2/c1-17(14-9-5-3-6-10-14)13-18(17,16(19)20-2)15-11-7-4-8-12-15/h3-12H,13H2,1-2H3/t17-,18+/m0/s1. The molecule has 2 aromatic rings. The first-order chi connectivity index (χ1) is 9.65. The van der Waals surface area contributed by atoms with Crippen molar-refractivity contribution in [3.05, 3.63) is 71.8 Å². The van der Waals surface area contributed by atoms with Crippen molar-refractivity contribution >= 4 is 5.97 Å². The third-order valence-electron chi connectivity index (χ3n) is 4.65. The Labute approximate surface area is 119 Å². The van der Waals surface area contributed by atoms with Crippen molar-refractivity contribution in [2.24, 2.45) is 0 Å². The van der Waals surface area contributed by atoms with Crippen LogP contribution in [0.3, 0.4) is 0 Å². The van der Waals surface area contributed by atoms with Gasteiger partial charge < -0.3 is 4.74 Å². The fourth-order valence-electron chi connectivity index (χ4n) is 3.37. The second-order valence-electron chi connectivity index (χ2n) is 5.64. The van der Waals surface area contributed by atoms with Gasteiger partial charge in [-0.1, -0.05) is 67.6 Å². The molecule has 102 valence electrons. The van der Waals surface area contributed by atoms with Gasteiger partial charge in [0.15, 0.2) is 0 Å². The van der Waals surface area contributed by atoms with Gasteiger partial charge in [-0.3, -0.25) is 4.79 Å². The fraction of sp³-hybridized carbons (Fsp3) is 0.278. The van der Waals surface area contributed by atoms with Crippen molar-refractivity contribution in [3.63, 3.8) is 0 Å². The fourth-order valence-corrected chi connectivity index (χ4v) is 3.37. The van der Waals surface area contributed by atoms with Crippen LogP contribution in [0.4, 0.5) is 0 Å². The van der Waals surface area contributed by atoms with Crippen molar-refractivity contribution in [2.75, 3.05) is 7.11 Å². The van der Waals surface area contributed by atoms with Crippen LogP contribution in [0.2, 0.25) is 0 Å². The minimum Gasteiger partial charge on any atom is -0.468 e. The Balaban J connectivity index is 2.11. The van der Waals surface area contributed by atoms with E-state index in [4.69, 9.17) is 4.74 Å². The number of rotatable bonds is 3. The second-order valence-corrected chi connectivity index (χ2v) is 5.64. The Morgan fingerprint density at radius 2 is 1.45 bits per heavy atom. The van der Waals surface area contributed by atoms with E-state index in [-0.39, 0.29) is 11.4 Å². The van der Waals surface area contributed by atoms with E-state index in [9.17, 15) is 4.79 Å². The average Bonchev–Trinajstić information content (AvgIpc) is 3.17. The molecule has 2 aromatic carbocycles. The highest BCUT2D eigenvalue weighted by Gasteiger charge is 2.71. The summed E-state index contributed by atoms with van der Waals surface area (Å²) in [6.07, 6.45) is 0.792. The molecule has 0 saturated heterocycles. The molecule has 0 aromatic heterocycles. The lowest BCUT2D eigenvalue weighted by Crippen LogP contribution is -2.30. The molecule has 0 amide bonds. The molecule has 0 N–H and O–H groups in total. The predicted octanol–water partition coefficient (Wildman–Crippen LogP) is 3.46. The van der Waals surface area contributed by atoms with Crippen molar-refractivity contribution < 1.29 is 9.53 Å². The molecule has 0 heterocycles. The molecule has 0 radical (unpaired) electrons. The van der Waals surface area contributed by atoms with E-state index in [0.717, 1.165) is 12.0 Å². The lowest BCUT2D eigenvalue weighted by Gasteiger charge is -2.21. The molecular formula is C18H18O2. The Morgan fingerprint density at radius 3 is 1.95 bits per heavy atom. The zero-order valence-corrected chi connectivity index (χ0v) is 11.8. The van der Waals surface area contributed by atoms with Crippen LogP contribution in [-0.2, 0) is 20.4 Å². The van der Waals surface area contributed by atoms with Gasteiger partial charge >= 0.3 is 5.97 Å².